The van der Waals surface area contributed by atoms with E-state index in [0.717, 1.165) is 16.8 Å². The summed E-state index contributed by atoms with van der Waals surface area (Å²) in [5, 5.41) is 0. The van der Waals surface area contributed by atoms with Crippen LogP contribution in [0.15, 0.2) is 17.0 Å². The van der Waals surface area contributed by atoms with Gasteiger partial charge in [-0.3, -0.25) is 0 Å². The van der Waals surface area contributed by atoms with Crippen LogP contribution in [-0.4, -0.2) is 27.8 Å². The van der Waals surface area contributed by atoms with Gasteiger partial charge in [0.15, 0.2) is 9.84 Å². The van der Waals surface area contributed by atoms with E-state index < -0.39 is 9.84 Å². The lowest BCUT2D eigenvalue weighted by molar-refractivity contribution is 0.591. The van der Waals surface area contributed by atoms with E-state index in [1.165, 1.54) is 0 Å². The summed E-state index contributed by atoms with van der Waals surface area (Å²) in [6, 6.07) is 3.60. The first-order valence-electron chi connectivity index (χ1n) is 4.97. The number of hydrogen-bond donors (Lipinski definition) is 0. The second-order valence-electron chi connectivity index (χ2n) is 4.09. The number of rotatable bonds is 0. The lowest BCUT2D eigenvalue weighted by Crippen LogP contribution is -2.32. The summed E-state index contributed by atoms with van der Waals surface area (Å²) < 4.78 is 23.7. The number of fused-ring (bicyclic) bond motifs is 1. The fourth-order valence-corrected chi connectivity index (χ4v) is 3.59. The van der Waals surface area contributed by atoms with Crippen molar-refractivity contribution in [3.8, 4) is 0 Å². The van der Waals surface area contributed by atoms with Crippen LogP contribution in [0.2, 0.25) is 0 Å². The molecule has 0 atom stereocenters. The molecule has 15 heavy (non-hydrogen) atoms. The van der Waals surface area contributed by atoms with Crippen LogP contribution in [-0.2, 0) is 9.84 Å². The predicted molar refractivity (Wildman–Crippen MR) is 61.2 cm³/mol. The fourth-order valence-electron chi connectivity index (χ4n) is 1.98. The largest absolute Gasteiger partial charge is 0.372 e. The van der Waals surface area contributed by atoms with Crippen LogP contribution in [0.4, 0.5) is 5.69 Å². The van der Waals surface area contributed by atoms with Crippen LogP contribution in [0.3, 0.4) is 0 Å². The van der Waals surface area contributed by atoms with Gasteiger partial charge in [-0.2, -0.15) is 0 Å². The maximum absolute atomic E-state index is 11.9. The average molecular weight is 225 g/mol. The topological polar surface area (TPSA) is 37.4 Å². The molecule has 1 aliphatic heterocycles. The minimum Gasteiger partial charge on any atom is -0.372 e. The molecular formula is C11H15NO2S. The number of nitrogens with zero attached hydrogens (tertiary/aromatic N) is 1. The van der Waals surface area contributed by atoms with Gasteiger partial charge in [0.05, 0.1) is 16.3 Å². The zero-order chi connectivity index (χ0) is 11.2. The summed E-state index contributed by atoms with van der Waals surface area (Å²) in [5.74, 6) is 0.221. The van der Waals surface area contributed by atoms with E-state index in [2.05, 4.69) is 0 Å². The van der Waals surface area contributed by atoms with E-state index in [4.69, 9.17) is 0 Å². The Morgan fingerprint density at radius 1 is 1.27 bits per heavy atom. The third kappa shape index (κ3) is 1.53. The van der Waals surface area contributed by atoms with Gasteiger partial charge in [-0.1, -0.05) is 6.07 Å². The van der Waals surface area contributed by atoms with E-state index in [0.29, 0.717) is 11.4 Å². The molecule has 0 amide bonds. The van der Waals surface area contributed by atoms with Crippen molar-refractivity contribution >= 4 is 15.5 Å². The Hall–Kier alpha value is -1.03. The standard InChI is InChI=1S/C11H15NO2S/c1-8-4-5-10-11(9(8)2)12(3)6-7-15(10,13)14/h4-5H,6-7H2,1-3H3. The maximum atomic E-state index is 11.9. The lowest BCUT2D eigenvalue weighted by atomic mass is 10.1. The molecule has 0 spiro atoms. The molecule has 0 unspecified atom stereocenters. The first-order valence-corrected chi connectivity index (χ1v) is 6.63. The van der Waals surface area contributed by atoms with Gasteiger partial charge in [0, 0.05) is 13.6 Å². The van der Waals surface area contributed by atoms with Gasteiger partial charge >= 0.3 is 0 Å². The highest BCUT2D eigenvalue weighted by molar-refractivity contribution is 7.91. The number of anilines is 1. The molecule has 0 fully saturated rings. The molecule has 0 bridgehead atoms. The first-order chi connectivity index (χ1) is 6.93. The fraction of sp³-hybridized carbons (Fsp3) is 0.455. The molecule has 4 heteroatoms. The van der Waals surface area contributed by atoms with Gasteiger partial charge in [-0.25, -0.2) is 8.42 Å². The van der Waals surface area contributed by atoms with Crippen LogP contribution in [0, 0.1) is 13.8 Å². The molecule has 3 nitrogen and oxygen atoms in total. The third-order valence-electron chi connectivity index (χ3n) is 3.08. The molecule has 1 heterocycles. The van der Waals surface area contributed by atoms with Gasteiger partial charge in [0.1, 0.15) is 0 Å². The Morgan fingerprint density at radius 2 is 1.93 bits per heavy atom. The molecule has 0 N–H and O–H groups in total. The molecule has 2 rings (SSSR count). The highest BCUT2D eigenvalue weighted by Crippen LogP contribution is 2.34. The zero-order valence-corrected chi connectivity index (χ0v) is 10.1. The van der Waals surface area contributed by atoms with Crippen molar-refractivity contribution in [1.29, 1.82) is 0 Å². The summed E-state index contributed by atoms with van der Waals surface area (Å²) in [6.45, 7) is 4.57. The van der Waals surface area contributed by atoms with Crippen molar-refractivity contribution in [2.75, 3.05) is 24.2 Å². The number of sulfone groups is 1. The number of benzene rings is 1. The third-order valence-corrected chi connectivity index (χ3v) is 4.80. The molecule has 0 saturated heterocycles. The normalized spacial score (nSPS) is 18.7. The van der Waals surface area contributed by atoms with Gasteiger partial charge in [0.2, 0.25) is 0 Å². The second kappa shape index (κ2) is 3.23. The molecule has 0 aromatic heterocycles. The van der Waals surface area contributed by atoms with Crippen molar-refractivity contribution < 1.29 is 8.42 Å². The Morgan fingerprint density at radius 3 is 2.60 bits per heavy atom. The summed E-state index contributed by atoms with van der Waals surface area (Å²) in [7, 11) is -1.11. The molecule has 0 saturated carbocycles. The molecular weight excluding hydrogens is 210 g/mol. The Labute approximate surface area is 90.6 Å². The molecule has 0 radical (unpaired) electrons. The summed E-state index contributed by atoms with van der Waals surface area (Å²) >= 11 is 0. The minimum atomic E-state index is -3.06. The monoisotopic (exact) mass is 225 g/mol. The van der Waals surface area contributed by atoms with Crippen molar-refractivity contribution in [2.24, 2.45) is 0 Å². The van der Waals surface area contributed by atoms with Crippen LogP contribution in [0.5, 0.6) is 0 Å². The van der Waals surface area contributed by atoms with Gasteiger partial charge in [-0.05, 0) is 31.0 Å². The summed E-state index contributed by atoms with van der Waals surface area (Å²) in [6.07, 6.45) is 0. The summed E-state index contributed by atoms with van der Waals surface area (Å²) in [4.78, 5) is 2.51. The van der Waals surface area contributed by atoms with Gasteiger partial charge in [-0.15, -0.1) is 0 Å². The van der Waals surface area contributed by atoms with Gasteiger partial charge < -0.3 is 4.90 Å². The van der Waals surface area contributed by atoms with Crippen molar-refractivity contribution in [3.05, 3.63) is 23.3 Å². The van der Waals surface area contributed by atoms with Crippen molar-refractivity contribution in [2.45, 2.75) is 18.7 Å². The Kier molecular flexibility index (Phi) is 2.26. The predicted octanol–water partition coefficient (Wildman–Crippen LogP) is 1.53. The van der Waals surface area contributed by atoms with E-state index in [-0.39, 0.29) is 5.75 Å². The van der Waals surface area contributed by atoms with Crippen LogP contribution in [0.1, 0.15) is 11.1 Å². The molecule has 0 aliphatic carbocycles. The van der Waals surface area contributed by atoms with Crippen LogP contribution < -0.4 is 4.90 Å². The molecule has 82 valence electrons. The van der Waals surface area contributed by atoms with Crippen molar-refractivity contribution in [1.82, 2.24) is 0 Å². The maximum Gasteiger partial charge on any atom is 0.182 e. The first kappa shape index (κ1) is 10.5. The summed E-state index contributed by atoms with van der Waals surface area (Å²) in [5.41, 5.74) is 3.08. The average Bonchev–Trinajstić information content (AvgIpc) is 2.17. The second-order valence-corrected chi connectivity index (χ2v) is 6.17. The van der Waals surface area contributed by atoms with Gasteiger partial charge in [0.25, 0.3) is 0 Å². The molecule has 1 aliphatic rings. The molecule has 1 aromatic rings. The highest BCUT2D eigenvalue weighted by atomic mass is 32.2. The zero-order valence-electron chi connectivity index (χ0n) is 9.24. The van der Waals surface area contributed by atoms with Crippen LogP contribution >= 0.6 is 0 Å². The lowest BCUT2D eigenvalue weighted by Gasteiger charge is -2.29. The van der Waals surface area contributed by atoms with Crippen LogP contribution in [0.25, 0.3) is 0 Å². The SMILES string of the molecule is Cc1ccc2c(c1C)N(C)CCS2(=O)=O. The van der Waals surface area contributed by atoms with E-state index in [9.17, 15) is 8.42 Å². The van der Waals surface area contributed by atoms with E-state index >= 15 is 0 Å². The highest BCUT2D eigenvalue weighted by Gasteiger charge is 2.27. The number of hydrogen-bond acceptors (Lipinski definition) is 3. The van der Waals surface area contributed by atoms with E-state index in [1.54, 1.807) is 6.07 Å². The minimum absolute atomic E-state index is 0.221. The van der Waals surface area contributed by atoms with E-state index in [1.807, 2.05) is 31.9 Å². The van der Waals surface area contributed by atoms with Crippen molar-refractivity contribution in [3.63, 3.8) is 0 Å². The number of aryl methyl sites for hydroxylation is 1. The Balaban J connectivity index is 2.79. The molecule has 1 aromatic carbocycles. The Bertz CT molecular complexity index is 506. The smallest absolute Gasteiger partial charge is 0.182 e. The quantitative estimate of drug-likeness (QED) is 0.672.